The van der Waals surface area contributed by atoms with E-state index >= 15 is 0 Å². The van der Waals surface area contributed by atoms with Crippen molar-refractivity contribution in [2.75, 3.05) is 0 Å². The molecule has 0 amide bonds. The summed E-state index contributed by atoms with van der Waals surface area (Å²) in [6, 6.07) is 12.8. The largest absolute Gasteiger partial charge is 0.358 e. The average molecular weight is 332 g/mol. The molecule has 0 fully saturated rings. The zero-order valence-electron chi connectivity index (χ0n) is 15.3. The van der Waals surface area contributed by atoms with Crippen molar-refractivity contribution in [3.05, 3.63) is 64.6 Å². The second kappa shape index (κ2) is 6.05. The third-order valence-corrected chi connectivity index (χ3v) is 5.12. The van der Waals surface area contributed by atoms with Crippen LogP contribution >= 0.6 is 0 Å². The van der Waals surface area contributed by atoms with Gasteiger partial charge in [-0.05, 0) is 50.1 Å². The van der Waals surface area contributed by atoms with Crippen LogP contribution in [0.2, 0.25) is 0 Å². The van der Waals surface area contributed by atoms with Crippen LogP contribution in [0.5, 0.6) is 0 Å². The van der Waals surface area contributed by atoms with E-state index in [1.54, 1.807) is 0 Å². The van der Waals surface area contributed by atoms with Crippen molar-refractivity contribution in [1.29, 1.82) is 0 Å². The first kappa shape index (κ1) is 15.9. The number of hydrogen-bond donors (Lipinski definition) is 2. The number of fused-ring (bicyclic) bond motifs is 2. The van der Waals surface area contributed by atoms with Gasteiger partial charge in [-0.3, -0.25) is 0 Å². The molecule has 2 heterocycles. The van der Waals surface area contributed by atoms with Crippen LogP contribution in [-0.2, 0) is 20.1 Å². The Hall–Kier alpha value is -2.59. The van der Waals surface area contributed by atoms with Gasteiger partial charge in [0.15, 0.2) is 0 Å². The van der Waals surface area contributed by atoms with Crippen molar-refractivity contribution >= 4 is 21.9 Å². The highest BCUT2D eigenvalue weighted by Crippen LogP contribution is 2.26. The smallest absolute Gasteiger partial charge is 0.123 e. The summed E-state index contributed by atoms with van der Waals surface area (Å²) >= 11 is 0. The van der Waals surface area contributed by atoms with E-state index in [0.29, 0.717) is 0 Å². The SMILES string of the molecule is Cc1cc(CNCc2nc3ccccc3n2C)c2[nH]c(C)c(C)c2c1. The molecule has 4 rings (SSSR count). The lowest BCUT2D eigenvalue weighted by molar-refractivity contribution is 0.645. The number of aromatic nitrogens is 3. The minimum atomic E-state index is 0.749. The number of para-hydroxylation sites is 2. The van der Waals surface area contributed by atoms with Crippen LogP contribution in [0.3, 0.4) is 0 Å². The molecule has 0 atom stereocenters. The van der Waals surface area contributed by atoms with Crippen LogP contribution in [-0.4, -0.2) is 14.5 Å². The Morgan fingerprint density at radius 1 is 1.08 bits per heavy atom. The van der Waals surface area contributed by atoms with Crippen molar-refractivity contribution in [2.24, 2.45) is 7.05 Å². The van der Waals surface area contributed by atoms with Gasteiger partial charge in [0.25, 0.3) is 0 Å². The maximum absolute atomic E-state index is 4.73. The quantitative estimate of drug-likeness (QED) is 0.586. The molecule has 4 aromatic rings. The van der Waals surface area contributed by atoms with Crippen molar-refractivity contribution < 1.29 is 0 Å². The summed E-state index contributed by atoms with van der Waals surface area (Å²) < 4.78 is 2.16. The number of benzene rings is 2. The lowest BCUT2D eigenvalue weighted by atomic mass is 10.0. The van der Waals surface area contributed by atoms with Gasteiger partial charge >= 0.3 is 0 Å². The Morgan fingerprint density at radius 2 is 1.88 bits per heavy atom. The van der Waals surface area contributed by atoms with Gasteiger partial charge in [-0.1, -0.05) is 23.8 Å². The number of hydrogen-bond acceptors (Lipinski definition) is 2. The lowest BCUT2D eigenvalue weighted by Gasteiger charge is -2.08. The molecule has 0 aliphatic rings. The number of aryl methyl sites for hydroxylation is 4. The summed E-state index contributed by atoms with van der Waals surface area (Å²) in [5, 5.41) is 4.90. The van der Waals surface area contributed by atoms with Gasteiger partial charge in [-0.2, -0.15) is 0 Å². The Morgan fingerprint density at radius 3 is 2.68 bits per heavy atom. The Labute approximate surface area is 147 Å². The minimum absolute atomic E-state index is 0.749. The Kier molecular flexibility index (Phi) is 3.85. The molecule has 4 nitrogen and oxygen atoms in total. The summed E-state index contributed by atoms with van der Waals surface area (Å²) in [7, 11) is 2.08. The summed E-state index contributed by atoms with van der Waals surface area (Å²) in [6.45, 7) is 8.06. The number of aromatic amines is 1. The molecule has 0 radical (unpaired) electrons. The van der Waals surface area contributed by atoms with Crippen LogP contribution < -0.4 is 5.32 Å². The highest BCUT2D eigenvalue weighted by Gasteiger charge is 2.10. The average Bonchev–Trinajstić information content (AvgIpc) is 3.06. The van der Waals surface area contributed by atoms with Gasteiger partial charge in [0, 0.05) is 24.7 Å². The first-order valence-corrected chi connectivity index (χ1v) is 8.74. The van der Waals surface area contributed by atoms with E-state index in [9.17, 15) is 0 Å². The topological polar surface area (TPSA) is 45.6 Å². The second-order valence-corrected chi connectivity index (χ2v) is 6.90. The normalized spacial score (nSPS) is 11.7. The van der Waals surface area contributed by atoms with Gasteiger partial charge in [0.2, 0.25) is 0 Å². The third kappa shape index (κ3) is 2.72. The van der Waals surface area contributed by atoms with Crippen LogP contribution in [0, 0.1) is 20.8 Å². The second-order valence-electron chi connectivity index (χ2n) is 6.90. The fraction of sp³-hybridized carbons (Fsp3) is 0.286. The molecule has 2 aromatic carbocycles. The number of nitrogens with one attached hydrogen (secondary N) is 2. The molecular formula is C21H24N4. The fourth-order valence-electron chi connectivity index (χ4n) is 3.59. The van der Waals surface area contributed by atoms with E-state index in [-0.39, 0.29) is 0 Å². The molecule has 0 aliphatic heterocycles. The molecule has 25 heavy (non-hydrogen) atoms. The van der Waals surface area contributed by atoms with Gasteiger partial charge < -0.3 is 14.9 Å². The van der Waals surface area contributed by atoms with Gasteiger partial charge in [-0.25, -0.2) is 4.98 Å². The summed E-state index contributed by atoms with van der Waals surface area (Å²) in [5.41, 5.74) is 8.67. The highest BCUT2D eigenvalue weighted by atomic mass is 15.1. The van der Waals surface area contributed by atoms with Crippen LogP contribution in [0.15, 0.2) is 36.4 Å². The maximum atomic E-state index is 4.73. The third-order valence-electron chi connectivity index (χ3n) is 5.12. The zero-order valence-corrected chi connectivity index (χ0v) is 15.3. The predicted molar refractivity (Wildman–Crippen MR) is 104 cm³/mol. The minimum Gasteiger partial charge on any atom is -0.358 e. The molecule has 4 heteroatoms. The highest BCUT2D eigenvalue weighted by molar-refractivity contribution is 5.87. The number of H-pyrrole nitrogens is 1. The maximum Gasteiger partial charge on any atom is 0.123 e. The molecule has 0 saturated carbocycles. The number of imidazole rings is 1. The number of rotatable bonds is 4. The lowest BCUT2D eigenvalue weighted by Crippen LogP contribution is -2.16. The van der Waals surface area contributed by atoms with Crippen molar-refractivity contribution in [1.82, 2.24) is 19.9 Å². The van der Waals surface area contributed by atoms with E-state index in [1.165, 1.54) is 38.8 Å². The molecule has 0 unspecified atom stereocenters. The van der Waals surface area contributed by atoms with E-state index in [1.807, 2.05) is 6.07 Å². The van der Waals surface area contributed by atoms with E-state index < -0.39 is 0 Å². The Balaban J connectivity index is 1.58. The standard InChI is InChI=1S/C21H24N4/c1-13-9-16(21-17(10-13)14(2)15(3)23-21)11-22-12-20-24-18-7-5-6-8-19(18)25(20)4/h5-10,22-23H,11-12H2,1-4H3. The van der Waals surface area contributed by atoms with Crippen molar-refractivity contribution in [3.63, 3.8) is 0 Å². The van der Waals surface area contributed by atoms with Crippen LogP contribution in [0.1, 0.15) is 28.2 Å². The predicted octanol–water partition coefficient (Wildman–Crippen LogP) is 4.27. The summed E-state index contributed by atoms with van der Waals surface area (Å²) in [5.74, 6) is 1.06. The van der Waals surface area contributed by atoms with Gasteiger partial charge in [0.05, 0.1) is 23.1 Å². The van der Waals surface area contributed by atoms with Gasteiger partial charge in [-0.15, -0.1) is 0 Å². The molecule has 0 aliphatic carbocycles. The van der Waals surface area contributed by atoms with E-state index in [4.69, 9.17) is 4.98 Å². The molecule has 0 bridgehead atoms. The molecule has 0 saturated heterocycles. The Bertz CT molecular complexity index is 1070. The fourth-order valence-corrected chi connectivity index (χ4v) is 3.59. The van der Waals surface area contributed by atoms with Crippen molar-refractivity contribution in [2.45, 2.75) is 33.9 Å². The van der Waals surface area contributed by atoms with Crippen LogP contribution in [0.4, 0.5) is 0 Å². The molecule has 0 spiro atoms. The molecule has 2 N–H and O–H groups in total. The van der Waals surface area contributed by atoms with Gasteiger partial charge in [0.1, 0.15) is 5.82 Å². The van der Waals surface area contributed by atoms with Crippen molar-refractivity contribution in [3.8, 4) is 0 Å². The first-order valence-electron chi connectivity index (χ1n) is 8.74. The first-order chi connectivity index (χ1) is 12.0. The molecular weight excluding hydrogens is 308 g/mol. The zero-order chi connectivity index (χ0) is 17.6. The van der Waals surface area contributed by atoms with E-state index in [2.05, 4.69) is 73.0 Å². The van der Waals surface area contributed by atoms with E-state index in [0.717, 1.165) is 24.4 Å². The van der Waals surface area contributed by atoms with Crippen LogP contribution in [0.25, 0.3) is 21.9 Å². The number of nitrogens with zero attached hydrogens (tertiary/aromatic N) is 2. The summed E-state index contributed by atoms with van der Waals surface area (Å²) in [6.07, 6.45) is 0. The summed E-state index contributed by atoms with van der Waals surface area (Å²) in [4.78, 5) is 8.28. The molecule has 2 aromatic heterocycles. The molecule has 128 valence electrons. The monoisotopic (exact) mass is 332 g/mol.